The van der Waals surface area contributed by atoms with Gasteiger partial charge in [0.15, 0.2) is 0 Å². The van der Waals surface area contributed by atoms with Gasteiger partial charge in [0.1, 0.15) is 11.4 Å². The van der Waals surface area contributed by atoms with Gasteiger partial charge >= 0.3 is 5.97 Å². The summed E-state index contributed by atoms with van der Waals surface area (Å²) in [6.07, 6.45) is 1.54. The van der Waals surface area contributed by atoms with Crippen LogP contribution in [0.3, 0.4) is 0 Å². The topological polar surface area (TPSA) is 42.2 Å². The van der Waals surface area contributed by atoms with E-state index in [0.717, 1.165) is 0 Å². The highest BCUT2D eigenvalue weighted by Gasteiger charge is 2.31. The van der Waals surface area contributed by atoms with Gasteiger partial charge in [-0.15, -0.1) is 0 Å². The van der Waals surface area contributed by atoms with Crippen LogP contribution in [0.25, 0.3) is 10.9 Å². The Bertz CT molecular complexity index is 604. The van der Waals surface area contributed by atoms with Crippen molar-refractivity contribution in [3.05, 3.63) is 35.2 Å². The number of aliphatic carboxylic acids is 1. The van der Waals surface area contributed by atoms with Gasteiger partial charge in [-0.3, -0.25) is 0 Å². The molecule has 0 spiro atoms. The molecule has 0 aliphatic heterocycles. The van der Waals surface area contributed by atoms with E-state index < -0.39 is 17.3 Å². The molecule has 0 aliphatic rings. The highest BCUT2D eigenvalue weighted by atomic mass is 35.5. The molecule has 0 radical (unpaired) electrons. The molecular weight excluding hydrogens is 245 g/mol. The molecule has 1 aromatic carbocycles. The minimum absolute atomic E-state index is 0.213. The molecule has 3 nitrogen and oxygen atoms in total. The molecule has 1 N–H and O–H groups in total. The number of carboxylic acid groups (broad SMARTS) is 1. The molecule has 0 amide bonds. The Labute approximate surface area is 102 Å². The Kier molecular flexibility index (Phi) is 2.62. The van der Waals surface area contributed by atoms with Crippen molar-refractivity contribution >= 4 is 28.5 Å². The number of fused-ring (bicyclic) bond motifs is 1. The average molecular weight is 256 g/mol. The van der Waals surface area contributed by atoms with E-state index in [4.69, 9.17) is 16.7 Å². The minimum atomic E-state index is -1.23. The second kappa shape index (κ2) is 3.74. The van der Waals surface area contributed by atoms with E-state index >= 15 is 0 Å². The van der Waals surface area contributed by atoms with Gasteiger partial charge < -0.3 is 9.67 Å². The molecule has 5 heteroatoms. The van der Waals surface area contributed by atoms with Gasteiger partial charge in [0.05, 0.1) is 10.5 Å². The maximum Gasteiger partial charge on any atom is 0.329 e. The molecule has 17 heavy (non-hydrogen) atoms. The minimum Gasteiger partial charge on any atom is -0.480 e. The van der Waals surface area contributed by atoms with Crippen LogP contribution in [-0.4, -0.2) is 15.6 Å². The molecule has 0 aliphatic carbocycles. The van der Waals surface area contributed by atoms with Crippen molar-refractivity contribution in [1.29, 1.82) is 0 Å². The number of hydrogen-bond donors (Lipinski definition) is 1. The van der Waals surface area contributed by atoms with E-state index in [0.29, 0.717) is 10.4 Å². The Balaban J connectivity index is 2.81. The Hall–Kier alpha value is -1.55. The lowest BCUT2D eigenvalue weighted by molar-refractivity contribution is -0.145. The predicted octanol–water partition coefficient (Wildman–Crippen LogP) is 3.25. The van der Waals surface area contributed by atoms with Crippen LogP contribution in [0.1, 0.15) is 13.8 Å². The number of benzene rings is 1. The van der Waals surface area contributed by atoms with Crippen LogP contribution >= 0.6 is 11.6 Å². The standard InChI is InChI=1S/C12H11ClFNO2/c1-12(2,11(16)17)15-6-5-7-8(13)3-4-9(14)10(7)15/h3-6H,1-2H3,(H,16,17). The molecule has 1 aromatic heterocycles. The number of rotatable bonds is 2. The first-order chi connectivity index (χ1) is 7.85. The smallest absolute Gasteiger partial charge is 0.329 e. The molecule has 0 saturated heterocycles. The second-order valence-corrected chi connectivity index (χ2v) is 4.75. The van der Waals surface area contributed by atoms with Gasteiger partial charge in [-0.05, 0) is 32.0 Å². The molecule has 0 fully saturated rings. The fourth-order valence-corrected chi connectivity index (χ4v) is 1.97. The summed E-state index contributed by atoms with van der Waals surface area (Å²) in [6, 6.07) is 4.31. The molecule has 0 bridgehead atoms. The average Bonchev–Trinajstić information content (AvgIpc) is 2.69. The lowest BCUT2D eigenvalue weighted by Crippen LogP contribution is -2.35. The van der Waals surface area contributed by atoms with Gasteiger partial charge in [0, 0.05) is 11.6 Å². The van der Waals surface area contributed by atoms with Crippen molar-refractivity contribution in [3.8, 4) is 0 Å². The van der Waals surface area contributed by atoms with Gasteiger partial charge in [0.2, 0.25) is 0 Å². The lowest BCUT2D eigenvalue weighted by Gasteiger charge is -2.23. The van der Waals surface area contributed by atoms with Crippen molar-refractivity contribution in [2.45, 2.75) is 19.4 Å². The van der Waals surface area contributed by atoms with E-state index in [-0.39, 0.29) is 5.52 Å². The zero-order valence-corrected chi connectivity index (χ0v) is 10.1. The largest absolute Gasteiger partial charge is 0.480 e. The number of carboxylic acids is 1. The fourth-order valence-electron chi connectivity index (χ4n) is 1.75. The summed E-state index contributed by atoms with van der Waals surface area (Å²) in [5.74, 6) is -1.52. The summed E-state index contributed by atoms with van der Waals surface area (Å²) >= 11 is 5.94. The zero-order chi connectivity index (χ0) is 12.8. The van der Waals surface area contributed by atoms with Gasteiger partial charge in [-0.1, -0.05) is 11.6 Å². The second-order valence-electron chi connectivity index (χ2n) is 4.34. The highest BCUT2D eigenvalue weighted by molar-refractivity contribution is 6.35. The number of halogens is 2. The molecular formula is C12H11ClFNO2. The summed E-state index contributed by atoms with van der Waals surface area (Å²) in [6.45, 7) is 3.02. The van der Waals surface area contributed by atoms with Crippen molar-refractivity contribution < 1.29 is 14.3 Å². The zero-order valence-electron chi connectivity index (χ0n) is 9.37. The van der Waals surface area contributed by atoms with Crippen LogP contribution in [0.2, 0.25) is 5.02 Å². The van der Waals surface area contributed by atoms with E-state index in [1.54, 1.807) is 6.07 Å². The van der Waals surface area contributed by atoms with Gasteiger partial charge in [-0.25, -0.2) is 9.18 Å². The maximum absolute atomic E-state index is 13.8. The third kappa shape index (κ3) is 1.69. The molecule has 0 saturated carbocycles. The van der Waals surface area contributed by atoms with E-state index in [1.807, 2.05) is 0 Å². The third-order valence-corrected chi connectivity index (χ3v) is 3.20. The predicted molar refractivity (Wildman–Crippen MR) is 63.9 cm³/mol. The van der Waals surface area contributed by atoms with Crippen LogP contribution in [0, 0.1) is 5.82 Å². The summed E-state index contributed by atoms with van der Waals surface area (Å²) in [5, 5.41) is 10.1. The third-order valence-electron chi connectivity index (χ3n) is 2.87. The van der Waals surface area contributed by atoms with Crippen molar-refractivity contribution in [2.75, 3.05) is 0 Å². The van der Waals surface area contributed by atoms with E-state index in [1.165, 1.54) is 36.7 Å². The number of nitrogens with zero attached hydrogens (tertiary/aromatic N) is 1. The maximum atomic E-state index is 13.8. The molecule has 90 valence electrons. The lowest BCUT2D eigenvalue weighted by atomic mass is 10.1. The number of aromatic nitrogens is 1. The first-order valence-electron chi connectivity index (χ1n) is 5.04. The van der Waals surface area contributed by atoms with Crippen LogP contribution in [0.5, 0.6) is 0 Å². The Morgan fingerprint density at radius 3 is 2.65 bits per heavy atom. The van der Waals surface area contributed by atoms with Crippen molar-refractivity contribution in [2.24, 2.45) is 0 Å². The number of hydrogen-bond acceptors (Lipinski definition) is 1. The molecule has 0 unspecified atom stereocenters. The quantitative estimate of drug-likeness (QED) is 0.895. The van der Waals surface area contributed by atoms with Gasteiger partial charge in [-0.2, -0.15) is 0 Å². The van der Waals surface area contributed by atoms with Crippen LogP contribution in [0.4, 0.5) is 4.39 Å². The van der Waals surface area contributed by atoms with Crippen LogP contribution in [-0.2, 0) is 10.3 Å². The monoisotopic (exact) mass is 255 g/mol. The first-order valence-corrected chi connectivity index (χ1v) is 5.42. The normalized spacial score (nSPS) is 12.0. The molecule has 2 aromatic rings. The van der Waals surface area contributed by atoms with E-state index in [2.05, 4.69) is 0 Å². The summed E-state index contributed by atoms with van der Waals surface area (Å²) in [7, 11) is 0. The summed E-state index contributed by atoms with van der Waals surface area (Å²) in [5.41, 5.74) is -1.02. The number of carbonyl (C=O) groups is 1. The molecule has 2 rings (SSSR count). The highest BCUT2D eigenvalue weighted by Crippen LogP contribution is 2.31. The Morgan fingerprint density at radius 2 is 2.06 bits per heavy atom. The Morgan fingerprint density at radius 1 is 1.41 bits per heavy atom. The summed E-state index contributed by atoms with van der Waals surface area (Å²) in [4.78, 5) is 11.2. The van der Waals surface area contributed by atoms with Crippen molar-refractivity contribution in [1.82, 2.24) is 4.57 Å². The first kappa shape index (κ1) is 11.9. The van der Waals surface area contributed by atoms with Crippen LogP contribution < -0.4 is 0 Å². The summed E-state index contributed by atoms with van der Waals surface area (Å²) < 4.78 is 15.2. The fraction of sp³-hybridized carbons (Fsp3) is 0.250. The van der Waals surface area contributed by atoms with Gasteiger partial charge in [0.25, 0.3) is 0 Å². The molecule has 1 heterocycles. The van der Waals surface area contributed by atoms with E-state index in [9.17, 15) is 9.18 Å². The SMILES string of the molecule is CC(C)(C(=O)O)n1ccc2c(Cl)ccc(F)c21. The van der Waals surface area contributed by atoms with Crippen LogP contribution in [0.15, 0.2) is 24.4 Å². The van der Waals surface area contributed by atoms with Crippen molar-refractivity contribution in [3.63, 3.8) is 0 Å². The molecule has 0 atom stereocenters.